The minimum absolute atomic E-state index is 0.0768. The average Bonchev–Trinajstić information content (AvgIpc) is 3.08. The van der Waals surface area contributed by atoms with Crippen LogP contribution in [0, 0.1) is 11.7 Å². The summed E-state index contributed by atoms with van der Waals surface area (Å²) in [5.41, 5.74) is 6.20. The zero-order chi connectivity index (χ0) is 17.8. The normalized spacial score (nSPS) is 20.7. The maximum Gasteiger partial charge on any atom is 0.223 e. The van der Waals surface area contributed by atoms with Gasteiger partial charge in [0.15, 0.2) is 11.7 Å². The molecule has 1 aromatic heterocycles. The van der Waals surface area contributed by atoms with E-state index in [1.165, 1.54) is 12.3 Å². The second-order valence-corrected chi connectivity index (χ2v) is 6.70. The highest BCUT2D eigenvalue weighted by Gasteiger charge is 2.28. The summed E-state index contributed by atoms with van der Waals surface area (Å²) in [5, 5.41) is 0. The van der Waals surface area contributed by atoms with Crippen molar-refractivity contribution in [3.63, 3.8) is 0 Å². The van der Waals surface area contributed by atoms with Crippen molar-refractivity contribution in [3.8, 4) is 11.3 Å². The van der Waals surface area contributed by atoms with Gasteiger partial charge >= 0.3 is 0 Å². The topological polar surface area (TPSA) is 72.4 Å². The molecule has 1 saturated heterocycles. The van der Waals surface area contributed by atoms with Gasteiger partial charge in [-0.25, -0.2) is 9.37 Å². The van der Waals surface area contributed by atoms with E-state index in [0.29, 0.717) is 42.5 Å². The Kier molecular flexibility index (Phi) is 5.48. The van der Waals surface area contributed by atoms with Crippen LogP contribution in [0.5, 0.6) is 0 Å². The molecule has 0 spiro atoms. The molecule has 2 heterocycles. The third-order valence-electron chi connectivity index (χ3n) is 4.82. The van der Waals surface area contributed by atoms with Gasteiger partial charge in [0, 0.05) is 32.0 Å². The van der Waals surface area contributed by atoms with Gasteiger partial charge in [0.25, 0.3) is 0 Å². The zero-order valence-corrected chi connectivity index (χ0v) is 14.5. The van der Waals surface area contributed by atoms with Crippen LogP contribution < -0.4 is 5.73 Å². The van der Waals surface area contributed by atoms with Crippen molar-refractivity contribution in [2.24, 2.45) is 11.7 Å². The Labute approximate surface area is 147 Å². The lowest BCUT2D eigenvalue weighted by molar-refractivity contribution is -0.135. The maximum atomic E-state index is 13.8. The summed E-state index contributed by atoms with van der Waals surface area (Å²) < 4.78 is 19.4. The Bertz CT molecular complexity index is 731. The van der Waals surface area contributed by atoms with Crippen molar-refractivity contribution < 1.29 is 13.6 Å². The number of benzene rings is 1. The van der Waals surface area contributed by atoms with E-state index in [1.807, 2.05) is 4.90 Å². The number of likely N-dealkylation sites (tertiary alicyclic amines) is 1. The first-order chi connectivity index (χ1) is 12.1. The lowest BCUT2D eigenvalue weighted by atomic mass is 9.92. The average molecular weight is 345 g/mol. The highest BCUT2D eigenvalue weighted by Crippen LogP contribution is 2.25. The van der Waals surface area contributed by atoms with Gasteiger partial charge in [-0.3, -0.25) is 4.79 Å². The SMILES string of the molecule is CC1CCN(C(=O)CCc2ncc(-c3ccccc3F)o2)C(CN)C1. The van der Waals surface area contributed by atoms with E-state index in [-0.39, 0.29) is 17.8 Å². The summed E-state index contributed by atoms with van der Waals surface area (Å²) in [7, 11) is 0. The number of aromatic nitrogens is 1. The van der Waals surface area contributed by atoms with Crippen molar-refractivity contribution in [1.29, 1.82) is 0 Å². The van der Waals surface area contributed by atoms with E-state index in [9.17, 15) is 9.18 Å². The molecule has 0 bridgehead atoms. The number of hydrogen-bond acceptors (Lipinski definition) is 4. The fourth-order valence-electron chi connectivity index (χ4n) is 3.37. The predicted octanol–water partition coefficient (Wildman–Crippen LogP) is 3.00. The molecule has 25 heavy (non-hydrogen) atoms. The summed E-state index contributed by atoms with van der Waals surface area (Å²) in [6.45, 7) is 3.45. The highest BCUT2D eigenvalue weighted by atomic mass is 19.1. The van der Waals surface area contributed by atoms with E-state index in [4.69, 9.17) is 10.2 Å². The molecule has 1 fully saturated rings. The largest absolute Gasteiger partial charge is 0.441 e. The van der Waals surface area contributed by atoms with Crippen LogP contribution in [0.1, 0.15) is 32.1 Å². The first-order valence-electron chi connectivity index (χ1n) is 8.77. The van der Waals surface area contributed by atoms with E-state index >= 15 is 0 Å². The fourth-order valence-corrected chi connectivity index (χ4v) is 3.37. The molecule has 0 radical (unpaired) electrons. The van der Waals surface area contributed by atoms with Crippen LogP contribution in [0.15, 0.2) is 34.9 Å². The van der Waals surface area contributed by atoms with Crippen LogP contribution in [0.3, 0.4) is 0 Å². The lowest BCUT2D eigenvalue weighted by Gasteiger charge is -2.38. The molecule has 6 heteroatoms. The first-order valence-corrected chi connectivity index (χ1v) is 8.77. The molecule has 1 aliphatic heterocycles. The Morgan fingerprint density at radius 1 is 1.44 bits per heavy atom. The molecule has 2 aromatic rings. The first kappa shape index (κ1) is 17.6. The number of piperidine rings is 1. The Hall–Kier alpha value is -2.21. The van der Waals surface area contributed by atoms with Gasteiger partial charge in [-0.1, -0.05) is 19.1 Å². The third-order valence-corrected chi connectivity index (χ3v) is 4.82. The van der Waals surface area contributed by atoms with Gasteiger partial charge < -0.3 is 15.1 Å². The van der Waals surface area contributed by atoms with Crippen LogP contribution in [-0.4, -0.2) is 34.9 Å². The number of nitrogens with two attached hydrogens (primary N) is 1. The lowest BCUT2D eigenvalue weighted by Crippen LogP contribution is -2.49. The van der Waals surface area contributed by atoms with E-state index in [2.05, 4.69) is 11.9 Å². The number of amides is 1. The molecule has 1 amide bonds. The summed E-state index contributed by atoms with van der Waals surface area (Å²) in [4.78, 5) is 18.6. The Balaban J connectivity index is 1.60. The molecule has 2 N–H and O–H groups in total. The van der Waals surface area contributed by atoms with Gasteiger partial charge in [0.2, 0.25) is 5.91 Å². The number of carbonyl (C=O) groups excluding carboxylic acids is 1. The van der Waals surface area contributed by atoms with Crippen molar-refractivity contribution in [1.82, 2.24) is 9.88 Å². The third kappa shape index (κ3) is 4.07. The molecular weight excluding hydrogens is 321 g/mol. The molecule has 5 nitrogen and oxygen atoms in total. The smallest absolute Gasteiger partial charge is 0.223 e. The summed E-state index contributed by atoms with van der Waals surface area (Å²) >= 11 is 0. The van der Waals surface area contributed by atoms with E-state index in [1.54, 1.807) is 18.2 Å². The number of nitrogens with zero attached hydrogens (tertiary/aromatic N) is 2. The van der Waals surface area contributed by atoms with Gasteiger partial charge in [0.1, 0.15) is 5.82 Å². The molecule has 3 rings (SSSR count). The van der Waals surface area contributed by atoms with Crippen molar-refractivity contribution in [2.75, 3.05) is 13.1 Å². The van der Waals surface area contributed by atoms with Crippen LogP contribution in [-0.2, 0) is 11.2 Å². The van der Waals surface area contributed by atoms with Gasteiger partial charge in [-0.15, -0.1) is 0 Å². The molecule has 0 aliphatic carbocycles. The minimum Gasteiger partial charge on any atom is -0.441 e. The summed E-state index contributed by atoms with van der Waals surface area (Å²) in [5.74, 6) is 1.16. The predicted molar refractivity (Wildman–Crippen MR) is 93.2 cm³/mol. The van der Waals surface area contributed by atoms with E-state index < -0.39 is 0 Å². The molecule has 0 saturated carbocycles. The zero-order valence-electron chi connectivity index (χ0n) is 14.5. The number of halogens is 1. The van der Waals surface area contributed by atoms with E-state index in [0.717, 1.165) is 19.4 Å². The number of rotatable bonds is 5. The van der Waals surface area contributed by atoms with Gasteiger partial charge in [0.05, 0.1) is 11.8 Å². The maximum absolute atomic E-state index is 13.8. The van der Waals surface area contributed by atoms with Gasteiger partial charge in [-0.05, 0) is 30.9 Å². The number of oxazole rings is 1. The molecule has 1 aliphatic rings. The standard InChI is InChI=1S/C19H24FN3O2/c1-13-8-9-23(14(10-13)11-21)19(24)7-6-18-22-12-17(25-18)15-4-2-3-5-16(15)20/h2-5,12-14H,6-11,21H2,1H3. The summed E-state index contributed by atoms with van der Waals surface area (Å²) in [6, 6.07) is 6.52. The molecule has 134 valence electrons. The van der Waals surface area contributed by atoms with Crippen LogP contribution in [0.25, 0.3) is 11.3 Å². The van der Waals surface area contributed by atoms with Gasteiger partial charge in [-0.2, -0.15) is 0 Å². The molecule has 2 atom stereocenters. The monoisotopic (exact) mass is 345 g/mol. The van der Waals surface area contributed by atoms with Crippen molar-refractivity contribution in [2.45, 2.75) is 38.6 Å². The van der Waals surface area contributed by atoms with Crippen LogP contribution >= 0.6 is 0 Å². The summed E-state index contributed by atoms with van der Waals surface area (Å²) in [6.07, 6.45) is 4.19. The Morgan fingerprint density at radius 3 is 3.00 bits per heavy atom. The minimum atomic E-state index is -0.352. The number of aryl methyl sites for hydroxylation is 1. The quantitative estimate of drug-likeness (QED) is 0.904. The molecule has 2 unspecified atom stereocenters. The fraction of sp³-hybridized carbons (Fsp3) is 0.474. The van der Waals surface area contributed by atoms with Crippen molar-refractivity contribution >= 4 is 5.91 Å². The highest BCUT2D eigenvalue weighted by molar-refractivity contribution is 5.76. The molecule has 1 aromatic carbocycles. The number of hydrogen-bond donors (Lipinski definition) is 1. The van der Waals surface area contributed by atoms with Crippen molar-refractivity contribution in [3.05, 3.63) is 42.2 Å². The molecular formula is C19H24FN3O2. The van der Waals surface area contributed by atoms with Crippen LogP contribution in [0.2, 0.25) is 0 Å². The Morgan fingerprint density at radius 2 is 2.24 bits per heavy atom. The second kappa shape index (κ2) is 7.78. The van der Waals surface area contributed by atoms with Crippen LogP contribution in [0.4, 0.5) is 4.39 Å². The number of carbonyl (C=O) groups is 1. The second-order valence-electron chi connectivity index (χ2n) is 6.70.